The third kappa shape index (κ3) is 3.20. The van der Waals surface area contributed by atoms with E-state index < -0.39 is 0 Å². The zero-order valence-corrected chi connectivity index (χ0v) is 15.1. The van der Waals surface area contributed by atoms with E-state index >= 15 is 0 Å². The van der Waals surface area contributed by atoms with Gasteiger partial charge in [0, 0.05) is 31.4 Å². The average Bonchev–Trinajstić information content (AvgIpc) is 3.23. The van der Waals surface area contributed by atoms with Crippen molar-refractivity contribution in [3.05, 3.63) is 59.7 Å². The number of aromatic nitrogens is 3. The monoisotopic (exact) mass is 349 g/mol. The highest BCUT2D eigenvalue weighted by atomic mass is 16.2. The highest BCUT2D eigenvalue weighted by Gasteiger charge is 2.32. The fourth-order valence-electron chi connectivity index (χ4n) is 3.70. The summed E-state index contributed by atoms with van der Waals surface area (Å²) in [5, 5.41) is 3.95. The zero-order valence-electron chi connectivity index (χ0n) is 15.1. The van der Waals surface area contributed by atoms with Crippen molar-refractivity contribution < 1.29 is 4.79 Å². The molecule has 3 aromatic rings. The molecular formula is C20H23N5O. The molecular weight excluding hydrogens is 326 g/mol. The van der Waals surface area contributed by atoms with E-state index in [2.05, 4.69) is 56.4 Å². The number of hydrogen-bond acceptors (Lipinski definition) is 4. The Morgan fingerprint density at radius 1 is 1.27 bits per heavy atom. The predicted octanol–water partition coefficient (Wildman–Crippen LogP) is 2.66. The molecule has 0 bridgehead atoms. The molecule has 26 heavy (non-hydrogen) atoms. The fraction of sp³-hybridized carbons (Fsp3) is 0.350. The lowest BCUT2D eigenvalue weighted by Gasteiger charge is -2.25. The lowest BCUT2D eigenvalue weighted by atomic mass is 10.1. The number of fused-ring (bicyclic) bond motifs is 1. The van der Waals surface area contributed by atoms with Crippen LogP contribution in [0.5, 0.6) is 0 Å². The standard InChI is InChI=1S/C20H23N5O/c1-13-17(9-11-25(13)12-15-6-4-3-5-7-15)24-20(26)18-16-8-10-21-19(16)23-14(2)22-18/h3-8,10,13,17H,9,11-12H2,1-2H3,(H,24,26)(H,21,22,23). The minimum Gasteiger partial charge on any atom is -0.346 e. The number of H-pyrrole nitrogens is 1. The molecule has 1 fully saturated rings. The first kappa shape index (κ1) is 16.7. The minimum atomic E-state index is -0.126. The highest BCUT2D eigenvalue weighted by Crippen LogP contribution is 2.21. The van der Waals surface area contributed by atoms with Gasteiger partial charge < -0.3 is 10.3 Å². The molecule has 0 saturated carbocycles. The van der Waals surface area contributed by atoms with Crippen LogP contribution in [0.25, 0.3) is 11.0 Å². The lowest BCUT2D eigenvalue weighted by Crippen LogP contribution is -2.43. The van der Waals surface area contributed by atoms with Crippen LogP contribution in [0.15, 0.2) is 42.6 Å². The third-order valence-corrected chi connectivity index (χ3v) is 5.17. The van der Waals surface area contributed by atoms with Crippen LogP contribution in [0, 0.1) is 6.92 Å². The molecule has 6 heteroatoms. The SMILES string of the molecule is Cc1nc(C(=O)NC2CCN(Cc3ccccc3)C2C)c2cc[nH]c2n1. The molecule has 4 rings (SSSR count). The molecule has 1 aliphatic heterocycles. The number of carbonyl (C=O) groups is 1. The Morgan fingerprint density at radius 3 is 2.88 bits per heavy atom. The maximum atomic E-state index is 12.8. The quantitative estimate of drug-likeness (QED) is 0.759. The second-order valence-corrected chi connectivity index (χ2v) is 6.92. The summed E-state index contributed by atoms with van der Waals surface area (Å²) in [6.45, 7) is 5.86. The Bertz CT molecular complexity index is 920. The number of nitrogens with zero attached hydrogens (tertiary/aromatic N) is 3. The predicted molar refractivity (Wildman–Crippen MR) is 101 cm³/mol. The number of rotatable bonds is 4. The summed E-state index contributed by atoms with van der Waals surface area (Å²) in [4.78, 5) is 27.0. The van der Waals surface area contributed by atoms with E-state index in [4.69, 9.17) is 0 Å². The topological polar surface area (TPSA) is 73.9 Å². The molecule has 1 aromatic carbocycles. The molecule has 134 valence electrons. The Morgan fingerprint density at radius 2 is 2.08 bits per heavy atom. The molecule has 0 radical (unpaired) electrons. The van der Waals surface area contributed by atoms with Crippen LogP contribution in [0.2, 0.25) is 0 Å². The fourth-order valence-corrected chi connectivity index (χ4v) is 3.70. The van der Waals surface area contributed by atoms with E-state index in [9.17, 15) is 4.79 Å². The summed E-state index contributed by atoms with van der Waals surface area (Å²) in [5.74, 6) is 0.466. The summed E-state index contributed by atoms with van der Waals surface area (Å²) >= 11 is 0. The number of likely N-dealkylation sites (tertiary alicyclic amines) is 1. The maximum absolute atomic E-state index is 12.8. The molecule has 3 heterocycles. The number of hydrogen-bond donors (Lipinski definition) is 2. The van der Waals surface area contributed by atoms with Crippen LogP contribution in [0.1, 0.15) is 35.2 Å². The van der Waals surface area contributed by atoms with Gasteiger partial charge in [-0.15, -0.1) is 0 Å². The van der Waals surface area contributed by atoms with Gasteiger partial charge in [-0.2, -0.15) is 0 Å². The van der Waals surface area contributed by atoms with Crippen molar-refractivity contribution >= 4 is 16.9 Å². The zero-order chi connectivity index (χ0) is 18.1. The van der Waals surface area contributed by atoms with E-state index in [1.54, 1.807) is 13.1 Å². The van der Waals surface area contributed by atoms with Crippen molar-refractivity contribution in [1.29, 1.82) is 0 Å². The molecule has 1 amide bonds. The summed E-state index contributed by atoms with van der Waals surface area (Å²) in [6.07, 6.45) is 2.73. The third-order valence-electron chi connectivity index (χ3n) is 5.17. The molecule has 0 spiro atoms. The van der Waals surface area contributed by atoms with E-state index in [0.29, 0.717) is 17.2 Å². The molecule has 1 saturated heterocycles. The average molecular weight is 349 g/mol. The Kier molecular flexibility index (Phi) is 4.42. The smallest absolute Gasteiger partial charge is 0.270 e. The van der Waals surface area contributed by atoms with Gasteiger partial charge in [0.15, 0.2) is 0 Å². The second-order valence-electron chi connectivity index (χ2n) is 6.92. The maximum Gasteiger partial charge on any atom is 0.270 e. The van der Waals surface area contributed by atoms with Crippen molar-refractivity contribution in [3.8, 4) is 0 Å². The summed E-state index contributed by atoms with van der Waals surface area (Å²) in [6, 6.07) is 12.7. The van der Waals surface area contributed by atoms with Gasteiger partial charge in [0.2, 0.25) is 0 Å². The van der Waals surface area contributed by atoms with Crippen molar-refractivity contribution in [1.82, 2.24) is 25.2 Å². The van der Waals surface area contributed by atoms with Crippen LogP contribution in [-0.4, -0.2) is 44.4 Å². The van der Waals surface area contributed by atoms with Gasteiger partial charge in [-0.1, -0.05) is 30.3 Å². The van der Waals surface area contributed by atoms with Crippen molar-refractivity contribution in [2.24, 2.45) is 0 Å². The van der Waals surface area contributed by atoms with Crippen molar-refractivity contribution in [3.63, 3.8) is 0 Å². The van der Waals surface area contributed by atoms with Gasteiger partial charge in [0.1, 0.15) is 17.2 Å². The molecule has 2 N–H and O–H groups in total. The van der Waals surface area contributed by atoms with Crippen LogP contribution in [0.4, 0.5) is 0 Å². The molecule has 0 aliphatic carbocycles. The molecule has 2 atom stereocenters. The summed E-state index contributed by atoms with van der Waals surface area (Å²) in [5.41, 5.74) is 2.45. The lowest BCUT2D eigenvalue weighted by molar-refractivity contribution is 0.0923. The van der Waals surface area contributed by atoms with Gasteiger partial charge in [-0.05, 0) is 31.9 Å². The summed E-state index contributed by atoms with van der Waals surface area (Å²) in [7, 11) is 0. The Labute approximate surface area is 152 Å². The van der Waals surface area contributed by atoms with Crippen LogP contribution < -0.4 is 5.32 Å². The first-order chi connectivity index (χ1) is 12.6. The second kappa shape index (κ2) is 6.88. The van der Waals surface area contributed by atoms with Crippen LogP contribution in [-0.2, 0) is 6.54 Å². The van der Waals surface area contributed by atoms with E-state index in [-0.39, 0.29) is 18.0 Å². The molecule has 1 aliphatic rings. The minimum absolute atomic E-state index is 0.121. The van der Waals surface area contributed by atoms with Gasteiger partial charge in [0.05, 0.1) is 5.39 Å². The number of nitrogens with one attached hydrogen (secondary N) is 2. The molecule has 2 aromatic heterocycles. The Hall–Kier alpha value is -2.73. The number of carbonyl (C=O) groups excluding carboxylic acids is 1. The normalized spacial score (nSPS) is 20.5. The molecule has 2 unspecified atom stereocenters. The van der Waals surface area contributed by atoms with Gasteiger partial charge in [0.25, 0.3) is 5.91 Å². The van der Waals surface area contributed by atoms with Gasteiger partial charge >= 0.3 is 0 Å². The van der Waals surface area contributed by atoms with Crippen molar-refractivity contribution in [2.75, 3.05) is 6.54 Å². The Balaban J connectivity index is 1.47. The van der Waals surface area contributed by atoms with Gasteiger partial charge in [-0.3, -0.25) is 9.69 Å². The largest absolute Gasteiger partial charge is 0.346 e. The first-order valence-corrected chi connectivity index (χ1v) is 9.02. The van der Waals surface area contributed by atoms with E-state index in [1.807, 2.05) is 12.1 Å². The number of benzene rings is 1. The number of aryl methyl sites for hydroxylation is 1. The number of amides is 1. The van der Waals surface area contributed by atoms with Crippen molar-refractivity contribution in [2.45, 2.75) is 38.9 Å². The molecule has 6 nitrogen and oxygen atoms in total. The van der Waals surface area contributed by atoms with Crippen LogP contribution in [0.3, 0.4) is 0 Å². The van der Waals surface area contributed by atoms with Gasteiger partial charge in [-0.25, -0.2) is 9.97 Å². The summed E-state index contributed by atoms with van der Waals surface area (Å²) < 4.78 is 0. The van der Waals surface area contributed by atoms with E-state index in [1.165, 1.54) is 5.56 Å². The number of aromatic amines is 1. The van der Waals surface area contributed by atoms with Crippen LogP contribution >= 0.6 is 0 Å². The highest BCUT2D eigenvalue weighted by molar-refractivity contribution is 6.03. The van der Waals surface area contributed by atoms with E-state index in [0.717, 1.165) is 24.9 Å². The first-order valence-electron chi connectivity index (χ1n) is 9.02.